The Balaban J connectivity index is 1.45. The molecule has 0 aliphatic carbocycles. The Labute approximate surface area is 214 Å². The zero-order valence-corrected chi connectivity index (χ0v) is 22.2. The summed E-state index contributed by atoms with van der Waals surface area (Å²) < 4.78 is 0. The van der Waals surface area contributed by atoms with E-state index in [0.717, 1.165) is 49.6 Å². The Morgan fingerprint density at radius 3 is 2.43 bits per heavy atom. The molecule has 1 saturated heterocycles. The Hall–Kier alpha value is -2.22. The molecule has 190 valence electrons. The highest BCUT2D eigenvalue weighted by Crippen LogP contribution is 2.44. The number of hydrogen-bond acceptors (Lipinski definition) is 5. The normalized spacial score (nSPS) is 21.4. The predicted molar refractivity (Wildman–Crippen MR) is 143 cm³/mol. The Morgan fingerprint density at radius 2 is 1.77 bits per heavy atom. The molecule has 2 atom stereocenters. The van der Waals surface area contributed by atoms with Gasteiger partial charge in [-0.15, -0.1) is 11.3 Å². The van der Waals surface area contributed by atoms with Crippen LogP contribution in [0, 0.1) is 5.92 Å². The maximum atomic E-state index is 13.7. The Kier molecular flexibility index (Phi) is 8.98. The van der Waals surface area contributed by atoms with E-state index in [0.29, 0.717) is 24.6 Å². The average Bonchev–Trinajstić information content (AvgIpc) is 3.39. The summed E-state index contributed by atoms with van der Waals surface area (Å²) >= 11 is 1.62. The van der Waals surface area contributed by atoms with Crippen molar-refractivity contribution in [1.82, 2.24) is 20.0 Å². The summed E-state index contributed by atoms with van der Waals surface area (Å²) in [5.74, 6) is -0.0455. The van der Waals surface area contributed by atoms with Crippen molar-refractivity contribution in [3.8, 4) is 0 Å². The number of rotatable bonds is 10. The molecule has 2 unspecified atom stereocenters. The fourth-order valence-electron chi connectivity index (χ4n) is 5.42. The summed E-state index contributed by atoms with van der Waals surface area (Å²) in [6.45, 7) is 14.5. The van der Waals surface area contributed by atoms with Crippen molar-refractivity contribution in [2.45, 2.75) is 45.6 Å². The van der Waals surface area contributed by atoms with Crippen molar-refractivity contribution in [1.29, 1.82) is 0 Å². The van der Waals surface area contributed by atoms with Crippen LogP contribution in [0.5, 0.6) is 0 Å². The lowest BCUT2D eigenvalue weighted by Crippen LogP contribution is -2.49. The second-order valence-electron chi connectivity index (χ2n) is 10.2. The number of amides is 2. The van der Waals surface area contributed by atoms with Crippen molar-refractivity contribution >= 4 is 23.2 Å². The molecule has 2 aliphatic rings. The molecule has 0 bridgehead atoms. The maximum absolute atomic E-state index is 13.7. The highest BCUT2D eigenvalue weighted by atomic mass is 32.1. The second kappa shape index (κ2) is 12.2. The Morgan fingerprint density at radius 1 is 1.06 bits per heavy atom. The van der Waals surface area contributed by atoms with Crippen molar-refractivity contribution in [3.05, 3.63) is 57.8 Å². The summed E-state index contributed by atoms with van der Waals surface area (Å²) in [4.78, 5) is 35.3. The van der Waals surface area contributed by atoms with Gasteiger partial charge in [0.05, 0.1) is 12.0 Å². The van der Waals surface area contributed by atoms with Crippen LogP contribution in [0.15, 0.2) is 41.8 Å². The van der Waals surface area contributed by atoms with Crippen molar-refractivity contribution in [2.75, 3.05) is 52.4 Å². The van der Waals surface area contributed by atoms with Gasteiger partial charge in [-0.2, -0.15) is 0 Å². The smallest absolute Gasteiger partial charge is 0.254 e. The largest absolute Gasteiger partial charge is 0.355 e. The topological polar surface area (TPSA) is 55.9 Å². The fourth-order valence-corrected chi connectivity index (χ4v) is 6.30. The molecule has 3 heterocycles. The quantitative estimate of drug-likeness (QED) is 0.501. The SMILES string of the molecule is CCCN1CCN(CCCNC(=O)C2c3ccccc3C(=O)N(CC(C)C)C2c2cccs2)CC1. The first-order chi connectivity index (χ1) is 17.0. The van der Waals surface area contributed by atoms with Crippen LogP contribution in [0.4, 0.5) is 0 Å². The molecular formula is C28H40N4O2S. The third-order valence-corrected chi connectivity index (χ3v) is 8.02. The predicted octanol–water partition coefficient (Wildman–Crippen LogP) is 4.22. The molecular weight excluding hydrogens is 456 g/mol. The molecule has 1 fully saturated rings. The van der Waals surface area contributed by atoms with Crippen LogP contribution in [0.25, 0.3) is 0 Å². The lowest BCUT2D eigenvalue weighted by Gasteiger charge is -2.42. The zero-order valence-electron chi connectivity index (χ0n) is 21.4. The summed E-state index contributed by atoms with van der Waals surface area (Å²) in [7, 11) is 0. The van der Waals surface area contributed by atoms with Crippen LogP contribution in [0.3, 0.4) is 0 Å². The van der Waals surface area contributed by atoms with Crippen molar-refractivity contribution in [3.63, 3.8) is 0 Å². The third-order valence-electron chi connectivity index (χ3n) is 7.07. The van der Waals surface area contributed by atoms with Crippen LogP contribution in [-0.2, 0) is 4.79 Å². The fraction of sp³-hybridized carbons (Fsp3) is 0.571. The van der Waals surface area contributed by atoms with E-state index in [1.165, 1.54) is 13.0 Å². The third kappa shape index (κ3) is 6.13. The van der Waals surface area contributed by atoms with Gasteiger partial charge in [-0.25, -0.2) is 0 Å². The van der Waals surface area contributed by atoms with E-state index in [9.17, 15) is 9.59 Å². The molecule has 7 heteroatoms. The summed E-state index contributed by atoms with van der Waals surface area (Å²) in [5, 5.41) is 5.26. The highest BCUT2D eigenvalue weighted by molar-refractivity contribution is 7.10. The van der Waals surface area contributed by atoms with Gasteiger partial charge in [-0.3, -0.25) is 9.59 Å². The van der Waals surface area contributed by atoms with Crippen LogP contribution in [0.1, 0.15) is 66.4 Å². The van der Waals surface area contributed by atoms with Gasteiger partial charge in [0.1, 0.15) is 0 Å². The van der Waals surface area contributed by atoms with Crippen LogP contribution in [0.2, 0.25) is 0 Å². The summed E-state index contributed by atoms with van der Waals surface area (Å²) in [5.41, 5.74) is 1.51. The van der Waals surface area contributed by atoms with Crippen molar-refractivity contribution < 1.29 is 9.59 Å². The van der Waals surface area contributed by atoms with Crippen LogP contribution in [-0.4, -0.2) is 78.9 Å². The number of nitrogens with one attached hydrogen (secondary N) is 1. The molecule has 0 radical (unpaired) electrons. The first-order valence-electron chi connectivity index (χ1n) is 13.1. The second-order valence-corrected chi connectivity index (χ2v) is 11.2. The first kappa shape index (κ1) is 25.9. The summed E-state index contributed by atoms with van der Waals surface area (Å²) in [6.07, 6.45) is 2.15. The van der Waals surface area contributed by atoms with Gasteiger partial charge < -0.3 is 20.0 Å². The van der Waals surface area contributed by atoms with Crippen molar-refractivity contribution in [2.24, 2.45) is 5.92 Å². The van der Waals surface area contributed by atoms with Crippen LogP contribution >= 0.6 is 11.3 Å². The molecule has 4 rings (SSSR count). The number of thiophene rings is 1. The zero-order chi connectivity index (χ0) is 24.8. The van der Waals surface area contributed by atoms with Gasteiger partial charge in [-0.05, 0) is 54.9 Å². The number of carbonyl (C=O) groups is 2. The number of fused-ring (bicyclic) bond motifs is 1. The van der Waals surface area contributed by atoms with E-state index < -0.39 is 5.92 Å². The number of benzene rings is 1. The monoisotopic (exact) mass is 496 g/mol. The molecule has 0 saturated carbocycles. The first-order valence-corrected chi connectivity index (χ1v) is 14.0. The van der Waals surface area contributed by atoms with Crippen LogP contribution < -0.4 is 5.32 Å². The van der Waals surface area contributed by atoms with E-state index in [1.54, 1.807) is 11.3 Å². The van der Waals surface area contributed by atoms with Gasteiger partial charge in [0, 0.05) is 49.7 Å². The number of carbonyl (C=O) groups excluding carboxylic acids is 2. The van der Waals surface area contributed by atoms with Gasteiger partial charge in [-0.1, -0.05) is 45.0 Å². The maximum Gasteiger partial charge on any atom is 0.254 e. The minimum Gasteiger partial charge on any atom is -0.355 e. The molecule has 6 nitrogen and oxygen atoms in total. The number of piperazine rings is 1. The van der Waals surface area contributed by atoms with Gasteiger partial charge in [0.25, 0.3) is 5.91 Å². The molecule has 0 spiro atoms. The van der Waals surface area contributed by atoms with Gasteiger partial charge in [0.2, 0.25) is 5.91 Å². The molecule has 2 aromatic rings. The highest BCUT2D eigenvalue weighted by Gasteiger charge is 2.44. The number of nitrogens with zero attached hydrogens (tertiary/aromatic N) is 3. The molecule has 1 aromatic carbocycles. The van der Waals surface area contributed by atoms with E-state index >= 15 is 0 Å². The molecule has 2 aliphatic heterocycles. The van der Waals surface area contributed by atoms with Gasteiger partial charge in [0.15, 0.2) is 0 Å². The minimum atomic E-state index is -0.404. The molecule has 1 aromatic heterocycles. The van der Waals surface area contributed by atoms with Gasteiger partial charge >= 0.3 is 0 Å². The standard InChI is InChI=1S/C28H40N4O2S/c1-4-13-30-15-17-31(18-16-30)14-8-12-29-27(33)25-22-9-5-6-10-23(22)28(34)32(20-21(2)3)26(25)24-11-7-19-35-24/h5-7,9-11,19,21,25-26H,4,8,12-18,20H2,1-3H3,(H,29,33). The van der Waals surface area contributed by atoms with E-state index in [4.69, 9.17) is 0 Å². The Bertz CT molecular complexity index is 969. The lowest BCUT2D eigenvalue weighted by atomic mass is 9.81. The van der Waals surface area contributed by atoms with E-state index in [1.807, 2.05) is 40.6 Å². The molecule has 1 N–H and O–H groups in total. The van der Waals surface area contributed by atoms with E-state index in [2.05, 4.69) is 42.0 Å². The molecule has 2 amide bonds. The lowest BCUT2D eigenvalue weighted by molar-refractivity contribution is -0.124. The molecule has 35 heavy (non-hydrogen) atoms. The number of hydrogen-bond donors (Lipinski definition) is 1. The average molecular weight is 497 g/mol. The minimum absolute atomic E-state index is 0.0184. The summed E-state index contributed by atoms with van der Waals surface area (Å²) in [6, 6.07) is 11.5. The van der Waals surface area contributed by atoms with E-state index in [-0.39, 0.29) is 17.9 Å².